The van der Waals surface area contributed by atoms with Crippen LogP contribution in [0, 0.1) is 0 Å². The van der Waals surface area contributed by atoms with Gasteiger partial charge >= 0.3 is 6.03 Å². The second-order valence-electron chi connectivity index (χ2n) is 6.70. The fourth-order valence-corrected chi connectivity index (χ4v) is 3.24. The normalized spacial score (nSPS) is 11.4. The zero-order valence-corrected chi connectivity index (χ0v) is 17.4. The number of amides is 3. The molecule has 5 nitrogen and oxygen atoms in total. The first kappa shape index (κ1) is 21.4. The van der Waals surface area contributed by atoms with Crippen LogP contribution in [0.3, 0.4) is 0 Å². The van der Waals surface area contributed by atoms with Crippen LogP contribution in [0.25, 0.3) is 0 Å². The van der Waals surface area contributed by atoms with E-state index in [1.54, 1.807) is 31.4 Å². The van der Waals surface area contributed by atoms with Crippen molar-refractivity contribution >= 4 is 23.5 Å². The van der Waals surface area contributed by atoms with E-state index >= 15 is 0 Å². The van der Waals surface area contributed by atoms with Crippen molar-refractivity contribution in [3.63, 3.8) is 0 Å². The Bertz CT molecular complexity index is 974. The quantitative estimate of drug-likeness (QED) is 0.542. The Morgan fingerprint density at radius 3 is 2.17 bits per heavy atom. The van der Waals surface area contributed by atoms with Crippen LogP contribution in [0.1, 0.15) is 32.4 Å². The summed E-state index contributed by atoms with van der Waals surface area (Å²) in [4.78, 5) is 24.3. The number of ether oxygens (including phenoxy) is 1. The molecule has 1 atom stereocenters. The van der Waals surface area contributed by atoms with Gasteiger partial charge in [0.2, 0.25) is 0 Å². The molecule has 0 bridgehead atoms. The highest BCUT2D eigenvalue weighted by molar-refractivity contribution is 6.22. The predicted molar refractivity (Wildman–Crippen MR) is 118 cm³/mol. The third-order valence-corrected chi connectivity index (χ3v) is 5.15. The van der Waals surface area contributed by atoms with Gasteiger partial charge in [0.1, 0.15) is 5.75 Å². The summed E-state index contributed by atoms with van der Waals surface area (Å²) >= 11 is 6.50. The summed E-state index contributed by atoms with van der Waals surface area (Å²) in [5, 5.41) is 4.73. The maximum absolute atomic E-state index is 12.3. The number of benzene rings is 3. The minimum absolute atomic E-state index is 0.301. The molecule has 30 heavy (non-hydrogen) atoms. The number of imide groups is 1. The molecule has 0 aliphatic heterocycles. The Labute approximate surface area is 181 Å². The molecule has 0 aliphatic carbocycles. The summed E-state index contributed by atoms with van der Waals surface area (Å²) in [6, 6.07) is 23.7. The molecule has 0 fully saturated rings. The van der Waals surface area contributed by atoms with Crippen molar-refractivity contribution in [3.8, 4) is 5.75 Å². The largest absolute Gasteiger partial charge is 0.497 e. The molecule has 0 aromatic heterocycles. The second-order valence-corrected chi connectivity index (χ2v) is 7.14. The van der Waals surface area contributed by atoms with E-state index in [1.165, 1.54) is 0 Å². The smallest absolute Gasteiger partial charge is 0.321 e. The molecule has 3 amide bonds. The van der Waals surface area contributed by atoms with E-state index in [2.05, 4.69) is 10.6 Å². The first-order valence-electron chi connectivity index (χ1n) is 9.58. The number of alkyl halides is 1. The summed E-state index contributed by atoms with van der Waals surface area (Å²) in [7, 11) is 1.61. The number of halogens is 1. The molecule has 2 N–H and O–H groups in total. The van der Waals surface area contributed by atoms with Gasteiger partial charge in [-0.15, -0.1) is 11.6 Å². The third-order valence-electron chi connectivity index (χ3n) is 4.64. The van der Waals surface area contributed by atoms with Gasteiger partial charge in [-0.1, -0.05) is 54.6 Å². The van der Waals surface area contributed by atoms with Crippen LogP contribution < -0.4 is 15.4 Å². The van der Waals surface area contributed by atoms with E-state index in [1.807, 2.05) is 54.6 Å². The van der Waals surface area contributed by atoms with Gasteiger partial charge in [0, 0.05) is 12.1 Å². The van der Waals surface area contributed by atoms with Gasteiger partial charge in [-0.05, 0) is 47.4 Å². The number of urea groups is 1. The number of carbonyl (C=O) groups excluding carboxylic acids is 2. The van der Waals surface area contributed by atoms with Crippen LogP contribution in [-0.2, 0) is 6.42 Å². The number of hydrogen-bond donors (Lipinski definition) is 2. The molecule has 3 aromatic rings. The van der Waals surface area contributed by atoms with Crippen molar-refractivity contribution in [1.82, 2.24) is 10.6 Å². The van der Waals surface area contributed by atoms with E-state index in [0.29, 0.717) is 18.5 Å². The summed E-state index contributed by atoms with van der Waals surface area (Å²) in [6.07, 6.45) is 0.650. The fraction of sp³-hybridized carbons (Fsp3) is 0.167. The van der Waals surface area contributed by atoms with Crippen LogP contribution in [0.5, 0.6) is 5.75 Å². The number of hydrogen-bond acceptors (Lipinski definition) is 3. The minimum Gasteiger partial charge on any atom is -0.497 e. The van der Waals surface area contributed by atoms with Crippen molar-refractivity contribution in [2.75, 3.05) is 13.7 Å². The highest BCUT2D eigenvalue weighted by atomic mass is 35.5. The molecule has 3 rings (SSSR count). The second kappa shape index (κ2) is 10.5. The number of nitrogens with one attached hydrogen (secondary N) is 2. The van der Waals surface area contributed by atoms with Gasteiger partial charge in [-0.25, -0.2) is 4.79 Å². The maximum Gasteiger partial charge on any atom is 0.321 e. The SMILES string of the molecule is COc1ccc(CCNC(=O)NC(=O)c2ccc(C(Cl)c3ccccc3)cc2)cc1. The van der Waals surface area contributed by atoms with Gasteiger partial charge in [-0.3, -0.25) is 10.1 Å². The summed E-state index contributed by atoms with van der Waals surface area (Å²) in [5.74, 6) is 0.319. The van der Waals surface area contributed by atoms with Crippen molar-refractivity contribution in [2.24, 2.45) is 0 Å². The Kier molecular flexibility index (Phi) is 7.46. The molecule has 0 heterocycles. The standard InChI is InChI=1S/C24H23ClN2O3/c1-30-21-13-7-17(8-14-21)15-16-26-24(29)27-23(28)20-11-9-19(10-12-20)22(25)18-5-3-2-4-6-18/h2-14,22H,15-16H2,1H3,(H2,26,27,28,29). The highest BCUT2D eigenvalue weighted by Crippen LogP contribution is 2.28. The molecule has 3 aromatic carbocycles. The van der Waals surface area contributed by atoms with Crippen LogP contribution in [0.4, 0.5) is 4.79 Å². The highest BCUT2D eigenvalue weighted by Gasteiger charge is 2.13. The Morgan fingerprint density at radius 1 is 0.900 bits per heavy atom. The Balaban J connectivity index is 1.48. The number of rotatable bonds is 7. The monoisotopic (exact) mass is 422 g/mol. The Morgan fingerprint density at radius 2 is 1.53 bits per heavy atom. The summed E-state index contributed by atoms with van der Waals surface area (Å²) < 4.78 is 5.12. The molecular weight excluding hydrogens is 400 g/mol. The lowest BCUT2D eigenvalue weighted by atomic mass is 10.0. The van der Waals surface area contributed by atoms with Gasteiger partial charge in [0.05, 0.1) is 12.5 Å². The molecule has 0 aliphatic rings. The molecule has 6 heteroatoms. The van der Waals surface area contributed by atoms with E-state index in [4.69, 9.17) is 16.3 Å². The van der Waals surface area contributed by atoms with Gasteiger partial charge in [0.15, 0.2) is 0 Å². The molecule has 0 saturated heterocycles. The predicted octanol–water partition coefficient (Wildman–Crippen LogP) is 4.71. The first-order valence-corrected chi connectivity index (χ1v) is 10.0. The van der Waals surface area contributed by atoms with Gasteiger partial charge in [-0.2, -0.15) is 0 Å². The molecule has 0 radical (unpaired) electrons. The van der Waals surface area contributed by atoms with Crippen molar-refractivity contribution in [1.29, 1.82) is 0 Å². The summed E-state index contributed by atoms with van der Waals surface area (Å²) in [6.45, 7) is 0.412. The average molecular weight is 423 g/mol. The van der Waals surface area contributed by atoms with E-state index in [0.717, 1.165) is 22.4 Å². The van der Waals surface area contributed by atoms with Gasteiger partial charge in [0.25, 0.3) is 5.91 Å². The average Bonchev–Trinajstić information content (AvgIpc) is 2.79. The molecule has 154 valence electrons. The molecule has 0 spiro atoms. The zero-order chi connectivity index (χ0) is 21.3. The minimum atomic E-state index is -0.530. The van der Waals surface area contributed by atoms with Crippen LogP contribution >= 0.6 is 11.6 Å². The topological polar surface area (TPSA) is 67.4 Å². The third kappa shape index (κ3) is 5.84. The molecule has 0 saturated carbocycles. The van der Waals surface area contributed by atoms with E-state index < -0.39 is 11.9 Å². The van der Waals surface area contributed by atoms with Crippen LogP contribution in [0.15, 0.2) is 78.9 Å². The number of methoxy groups -OCH3 is 1. The van der Waals surface area contributed by atoms with Crippen molar-refractivity contribution < 1.29 is 14.3 Å². The Hall–Kier alpha value is -3.31. The maximum atomic E-state index is 12.3. The van der Waals surface area contributed by atoms with E-state index in [-0.39, 0.29) is 5.38 Å². The number of carbonyl (C=O) groups is 2. The van der Waals surface area contributed by atoms with Crippen LogP contribution in [-0.4, -0.2) is 25.6 Å². The zero-order valence-electron chi connectivity index (χ0n) is 16.6. The van der Waals surface area contributed by atoms with Crippen molar-refractivity contribution in [2.45, 2.75) is 11.8 Å². The lowest BCUT2D eigenvalue weighted by Crippen LogP contribution is -2.40. The van der Waals surface area contributed by atoms with Crippen molar-refractivity contribution in [3.05, 3.63) is 101 Å². The van der Waals surface area contributed by atoms with E-state index in [9.17, 15) is 9.59 Å². The lowest BCUT2D eigenvalue weighted by Gasteiger charge is -2.11. The first-order chi connectivity index (χ1) is 14.6. The van der Waals surface area contributed by atoms with Gasteiger partial charge < -0.3 is 10.1 Å². The van der Waals surface area contributed by atoms with Crippen LogP contribution in [0.2, 0.25) is 0 Å². The lowest BCUT2D eigenvalue weighted by molar-refractivity contribution is 0.0964. The molecular formula is C24H23ClN2O3. The summed E-state index contributed by atoms with van der Waals surface area (Å²) in [5.41, 5.74) is 3.31. The fourth-order valence-electron chi connectivity index (χ4n) is 2.95. The molecule has 1 unspecified atom stereocenters.